The van der Waals surface area contributed by atoms with Crippen LogP contribution in [0.2, 0.25) is 0 Å². The Labute approximate surface area is 194 Å². The molecule has 12 N–H and O–H groups in total. The number of amides is 3. The largest absolute Gasteiger partial charge is 0.480 e. The van der Waals surface area contributed by atoms with E-state index < -0.39 is 48.4 Å². The van der Waals surface area contributed by atoms with Gasteiger partial charge in [0.25, 0.3) is 0 Å². The fourth-order valence-electron chi connectivity index (χ4n) is 2.89. The maximum absolute atomic E-state index is 12.6. The van der Waals surface area contributed by atoms with Crippen LogP contribution in [-0.4, -0.2) is 72.5 Å². The molecule has 0 aromatic carbocycles. The number of rotatable bonds is 17. The SMILES string of the molecule is CCC(C)C(NC(=O)C(N)CCCN=C(N)N)C(=O)NCC(=O)NC(CCCCN)C(=O)O. The number of unbranched alkanes of at least 4 members (excludes halogenated alkanes) is 1. The van der Waals surface area contributed by atoms with Crippen LogP contribution in [0.15, 0.2) is 4.99 Å². The highest BCUT2D eigenvalue weighted by Crippen LogP contribution is 2.09. The Bertz CT molecular complexity index is 669. The summed E-state index contributed by atoms with van der Waals surface area (Å²) in [5.74, 6) is -3.14. The van der Waals surface area contributed by atoms with E-state index in [1.54, 1.807) is 6.92 Å². The van der Waals surface area contributed by atoms with Crippen LogP contribution < -0.4 is 38.9 Å². The lowest BCUT2D eigenvalue weighted by Crippen LogP contribution is -2.55. The quantitative estimate of drug-likeness (QED) is 0.0644. The highest BCUT2D eigenvalue weighted by molar-refractivity contribution is 5.92. The third-order valence-electron chi connectivity index (χ3n) is 5.10. The second kappa shape index (κ2) is 16.7. The van der Waals surface area contributed by atoms with Crippen LogP contribution in [0.25, 0.3) is 0 Å². The number of nitrogens with one attached hydrogen (secondary N) is 3. The van der Waals surface area contributed by atoms with Crippen molar-refractivity contribution in [3.63, 3.8) is 0 Å². The molecule has 4 atom stereocenters. The van der Waals surface area contributed by atoms with Gasteiger partial charge >= 0.3 is 5.97 Å². The molecule has 3 amide bonds. The second-order valence-electron chi connectivity index (χ2n) is 7.89. The molecule has 0 aliphatic heterocycles. The van der Waals surface area contributed by atoms with Gasteiger partial charge in [-0.1, -0.05) is 20.3 Å². The van der Waals surface area contributed by atoms with Crippen LogP contribution in [0.4, 0.5) is 0 Å². The lowest BCUT2D eigenvalue weighted by Gasteiger charge is -2.25. The van der Waals surface area contributed by atoms with Gasteiger partial charge in [-0.05, 0) is 44.6 Å². The minimum Gasteiger partial charge on any atom is -0.480 e. The van der Waals surface area contributed by atoms with Crippen molar-refractivity contribution in [3.8, 4) is 0 Å². The molecule has 0 bridgehead atoms. The van der Waals surface area contributed by atoms with Crippen molar-refractivity contribution in [2.75, 3.05) is 19.6 Å². The molecule has 0 saturated heterocycles. The molecule has 0 spiro atoms. The van der Waals surface area contributed by atoms with E-state index >= 15 is 0 Å². The van der Waals surface area contributed by atoms with Crippen LogP contribution in [-0.2, 0) is 19.2 Å². The molecule has 33 heavy (non-hydrogen) atoms. The van der Waals surface area contributed by atoms with E-state index in [4.69, 9.17) is 22.9 Å². The molecule has 0 radical (unpaired) electrons. The van der Waals surface area contributed by atoms with E-state index in [9.17, 15) is 24.3 Å². The fourth-order valence-corrected chi connectivity index (χ4v) is 2.89. The van der Waals surface area contributed by atoms with Gasteiger partial charge in [0, 0.05) is 6.54 Å². The van der Waals surface area contributed by atoms with Gasteiger partial charge in [-0.15, -0.1) is 0 Å². The van der Waals surface area contributed by atoms with Crippen molar-refractivity contribution in [1.82, 2.24) is 16.0 Å². The normalized spacial score (nSPS) is 14.3. The number of aliphatic carboxylic acids is 1. The Balaban J connectivity index is 4.80. The number of carboxylic acids is 1. The van der Waals surface area contributed by atoms with Crippen molar-refractivity contribution >= 4 is 29.7 Å². The molecule has 13 nitrogen and oxygen atoms in total. The zero-order valence-electron chi connectivity index (χ0n) is 19.5. The molecule has 0 aromatic heterocycles. The Morgan fingerprint density at radius 3 is 2.21 bits per heavy atom. The van der Waals surface area contributed by atoms with Crippen LogP contribution in [0.3, 0.4) is 0 Å². The minimum atomic E-state index is -1.16. The number of guanidine groups is 1. The smallest absolute Gasteiger partial charge is 0.326 e. The van der Waals surface area contributed by atoms with E-state index in [0.717, 1.165) is 0 Å². The number of nitrogens with zero attached hydrogens (tertiary/aromatic N) is 1. The van der Waals surface area contributed by atoms with E-state index in [1.807, 2.05) is 6.92 Å². The molecule has 0 aliphatic rings. The molecule has 190 valence electrons. The first-order valence-electron chi connectivity index (χ1n) is 11.1. The van der Waals surface area contributed by atoms with Gasteiger partial charge in [-0.2, -0.15) is 0 Å². The first-order valence-corrected chi connectivity index (χ1v) is 11.1. The lowest BCUT2D eigenvalue weighted by molar-refractivity contribution is -0.142. The maximum atomic E-state index is 12.6. The summed E-state index contributed by atoms with van der Waals surface area (Å²) in [5.41, 5.74) is 21.8. The summed E-state index contributed by atoms with van der Waals surface area (Å²) < 4.78 is 0. The summed E-state index contributed by atoms with van der Waals surface area (Å²) in [5, 5.41) is 16.7. The van der Waals surface area contributed by atoms with Crippen molar-refractivity contribution < 1.29 is 24.3 Å². The molecule has 0 rings (SSSR count). The van der Waals surface area contributed by atoms with Gasteiger partial charge in [0.05, 0.1) is 12.6 Å². The molecule has 0 fully saturated rings. The number of nitrogens with two attached hydrogens (primary N) is 4. The summed E-state index contributed by atoms with van der Waals surface area (Å²) in [6, 6.07) is -2.83. The minimum absolute atomic E-state index is 0.0456. The Morgan fingerprint density at radius 2 is 1.67 bits per heavy atom. The van der Waals surface area contributed by atoms with Crippen LogP contribution in [0.5, 0.6) is 0 Å². The zero-order valence-corrected chi connectivity index (χ0v) is 19.5. The first-order chi connectivity index (χ1) is 15.5. The van der Waals surface area contributed by atoms with E-state index in [0.29, 0.717) is 45.2 Å². The summed E-state index contributed by atoms with van der Waals surface area (Å²) in [4.78, 5) is 52.3. The maximum Gasteiger partial charge on any atom is 0.326 e. The summed E-state index contributed by atoms with van der Waals surface area (Å²) >= 11 is 0. The average Bonchev–Trinajstić information content (AvgIpc) is 2.76. The Morgan fingerprint density at radius 1 is 1.00 bits per heavy atom. The number of carboxylic acid groups (broad SMARTS) is 1. The van der Waals surface area contributed by atoms with E-state index in [-0.39, 0.29) is 18.3 Å². The monoisotopic (exact) mass is 472 g/mol. The Kier molecular flexibility index (Phi) is 15.2. The third kappa shape index (κ3) is 13.3. The standard InChI is InChI=1S/C20H40N8O5/c1-3-12(2)16(28-17(30)13(22)7-6-10-25-20(23)24)18(31)26-11-15(29)27-14(19(32)33)8-4-5-9-21/h12-14,16H,3-11,21-22H2,1-2H3,(H,26,31)(H,27,29)(H,28,30)(H,32,33)(H4,23,24,25). The molecule has 0 saturated carbocycles. The van der Waals surface area contributed by atoms with Gasteiger partial charge < -0.3 is 44.0 Å². The lowest BCUT2D eigenvalue weighted by atomic mass is 9.97. The van der Waals surface area contributed by atoms with Gasteiger partial charge in [-0.25, -0.2) is 4.79 Å². The number of carbonyl (C=O) groups is 4. The fraction of sp³-hybridized carbons (Fsp3) is 0.750. The number of hydrogen-bond donors (Lipinski definition) is 8. The predicted molar refractivity (Wildman–Crippen MR) is 125 cm³/mol. The van der Waals surface area contributed by atoms with Gasteiger partial charge in [0.1, 0.15) is 12.1 Å². The van der Waals surface area contributed by atoms with E-state index in [1.165, 1.54) is 0 Å². The number of hydrogen-bond acceptors (Lipinski definition) is 7. The number of aliphatic imine (C=N–C) groups is 1. The van der Waals surface area contributed by atoms with Crippen molar-refractivity contribution in [2.24, 2.45) is 33.8 Å². The average molecular weight is 473 g/mol. The van der Waals surface area contributed by atoms with Crippen LogP contribution >= 0.6 is 0 Å². The number of carbonyl (C=O) groups excluding carboxylic acids is 3. The van der Waals surface area contributed by atoms with E-state index in [2.05, 4.69) is 20.9 Å². The van der Waals surface area contributed by atoms with Crippen LogP contribution in [0, 0.1) is 5.92 Å². The van der Waals surface area contributed by atoms with Gasteiger partial charge in [-0.3, -0.25) is 19.4 Å². The summed E-state index contributed by atoms with van der Waals surface area (Å²) in [7, 11) is 0. The molecular weight excluding hydrogens is 432 g/mol. The topological polar surface area (TPSA) is 241 Å². The molecule has 0 aliphatic carbocycles. The van der Waals surface area contributed by atoms with Crippen LogP contribution in [0.1, 0.15) is 52.4 Å². The highest BCUT2D eigenvalue weighted by Gasteiger charge is 2.28. The molecule has 0 aromatic rings. The first kappa shape index (κ1) is 30.1. The molecular formula is C20H40N8O5. The molecule has 4 unspecified atom stereocenters. The Hall–Kier alpha value is -2.93. The van der Waals surface area contributed by atoms with Crippen molar-refractivity contribution in [2.45, 2.75) is 70.5 Å². The third-order valence-corrected chi connectivity index (χ3v) is 5.10. The molecule has 0 heterocycles. The highest BCUT2D eigenvalue weighted by atomic mass is 16.4. The summed E-state index contributed by atoms with van der Waals surface area (Å²) in [6.45, 7) is 3.98. The van der Waals surface area contributed by atoms with Crippen molar-refractivity contribution in [1.29, 1.82) is 0 Å². The van der Waals surface area contributed by atoms with Gasteiger partial charge in [0.2, 0.25) is 17.7 Å². The van der Waals surface area contributed by atoms with Crippen molar-refractivity contribution in [3.05, 3.63) is 0 Å². The second-order valence-corrected chi connectivity index (χ2v) is 7.89. The zero-order chi connectivity index (χ0) is 25.4. The molecule has 13 heteroatoms. The van der Waals surface area contributed by atoms with Gasteiger partial charge in [0.15, 0.2) is 5.96 Å². The summed E-state index contributed by atoms with van der Waals surface area (Å²) in [6.07, 6.45) is 2.83. The predicted octanol–water partition coefficient (Wildman–Crippen LogP) is -2.29.